The van der Waals surface area contributed by atoms with Crippen LogP contribution in [0.5, 0.6) is 5.75 Å². The second-order valence-corrected chi connectivity index (χ2v) is 4.77. The Kier molecular flexibility index (Phi) is 4.09. The van der Waals surface area contributed by atoms with Crippen molar-refractivity contribution in [3.63, 3.8) is 0 Å². The lowest BCUT2D eigenvalue weighted by atomic mass is 10.0. The maximum Gasteiger partial charge on any atom is 0.119 e. The zero-order valence-electron chi connectivity index (χ0n) is 11.6. The lowest BCUT2D eigenvalue weighted by Crippen LogP contribution is -2.32. The minimum Gasteiger partial charge on any atom is -0.492 e. The number of para-hydroxylation sites is 2. The number of nitrogens with two attached hydrogens (primary N) is 1. The number of hydrogen-bond acceptors (Lipinski definition) is 4. The van der Waals surface area contributed by atoms with Crippen molar-refractivity contribution in [1.29, 1.82) is 0 Å². The van der Waals surface area contributed by atoms with E-state index in [0.29, 0.717) is 6.61 Å². The fourth-order valence-corrected chi connectivity index (χ4v) is 2.33. The molecule has 0 saturated carbocycles. The Labute approximate surface area is 123 Å². The van der Waals surface area contributed by atoms with Gasteiger partial charge in [-0.05, 0) is 18.2 Å². The summed E-state index contributed by atoms with van der Waals surface area (Å²) in [4.78, 5) is 4.45. The van der Waals surface area contributed by atoms with E-state index < -0.39 is 0 Å². The molecule has 3 aromatic rings. The third-order valence-corrected chi connectivity index (χ3v) is 3.40. The van der Waals surface area contributed by atoms with E-state index in [9.17, 15) is 0 Å². The summed E-state index contributed by atoms with van der Waals surface area (Å²) in [5.41, 5.74) is 4.79. The molecule has 1 aromatic heterocycles. The maximum atomic E-state index is 5.79. The number of nitrogens with one attached hydrogen (secondary N) is 1. The first-order valence-electron chi connectivity index (χ1n) is 6.86. The first-order chi connectivity index (χ1) is 10.4. The molecule has 0 aliphatic rings. The summed E-state index contributed by atoms with van der Waals surface area (Å²) in [5, 5.41) is 1.09. The predicted octanol–water partition coefficient (Wildman–Crippen LogP) is 2.82. The molecule has 0 amide bonds. The van der Waals surface area contributed by atoms with Crippen LogP contribution in [0.3, 0.4) is 0 Å². The number of rotatable bonds is 5. The molecule has 3 rings (SSSR count). The highest BCUT2D eigenvalue weighted by molar-refractivity contribution is 5.82. The fourth-order valence-electron chi connectivity index (χ4n) is 2.33. The molecule has 4 heteroatoms. The molecule has 0 radical (unpaired) electrons. The van der Waals surface area contributed by atoms with Gasteiger partial charge in [0, 0.05) is 17.1 Å². The average Bonchev–Trinajstić information content (AvgIpc) is 2.56. The number of aromatic nitrogens is 1. The van der Waals surface area contributed by atoms with Crippen molar-refractivity contribution in [3.8, 4) is 5.75 Å². The summed E-state index contributed by atoms with van der Waals surface area (Å²) >= 11 is 0. The number of pyridine rings is 1. The second-order valence-electron chi connectivity index (χ2n) is 4.77. The normalized spacial score (nSPS) is 12.2. The first kappa shape index (κ1) is 13.5. The molecule has 1 unspecified atom stereocenters. The standard InChI is InChI=1S/C17H17N3O/c18-20-16(12-21-14-8-2-1-3-9-14)15-10-4-6-13-7-5-11-19-17(13)15/h1-11,16,20H,12,18H2. The number of fused-ring (bicyclic) bond motifs is 1. The number of hydrazine groups is 1. The minimum absolute atomic E-state index is 0.121. The highest BCUT2D eigenvalue weighted by Crippen LogP contribution is 2.23. The SMILES string of the molecule is NNC(COc1ccccc1)c1cccc2cccnc12. The molecule has 0 saturated heterocycles. The zero-order valence-corrected chi connectivity index (χ0v) is 11.6. The molecular weight excluding hydrogens is 262 g/mol. The van der Waals surface area contributed by atoms with Crippen molar-refractivity contribution in [3.05, 3.63) is 72.4 Å². The van der Waals surface area contributed by atoms with Gasteiger partial charge in [-0.15, -0.1) is 0 Å². The third kappa shape index (κ3) is 3.02. The summed E-state index contributed by atoms with van der Waals surface area (Å²) < 4.78 is 5.79. The average molecular weight is 279 g/mol. The predicted molar refractivity (Wildman–Crippen MR) is 83.7 cm³/mol. The molecule has 3 N–H and O–H groups in total. The van der Waals surface area contributed by atoms with Gasteiger partial charge in [0.15, 0.2) is 0 Å². The highest BCUT2D eigenvalue weighted by atomic mass is 16.5. The van der Waals surface area contributed by atoms with Gasteiger partial charge < -0.3 is 4.74 Å². The quantitative estimate of drug-likeness (QED) is 0.557. The van der Waals surface area contributed by atoms with Crippen molar-refractivity contribution < 1.29 is 4.74 Å². The van der Waals surface area contributed by atoms with E-state index in [-0.39, 0.29) is 6.04 Å². The molecule has 0 spiro atoms. The smallest absolute Gasteiger partial charge is 0.119 e. The van der Waals surface area contributed by atoms with E-state index in [1.807, 2.05) is 60.7 Å². The van der Waals surface area contributed by atoms with Crippen molar-refractivity contribution in [2.24, 2.45) is 5.84 Å². The molecule has 0 aliphatic carbocycles. The summed E-state index contributed by atoms with van der Waals surface area (Å²) in [6.45, 7) is 0.441. The van der Waals surface area contributed by atoms with Gasteiger partial charge >= 0.3 is 0 Å². The van der Waals surface area contributed by atoms with Gasteiger partial charge in [-0.3, -0.25) is 10.8 Å². The van der Waals surface area contributed by atoms with Crippen molar-refractivity contribution in [2.45, 2.75) is 6.04 Å². The van der Waals surface area contributed by atoms with Crippen LogP contribution in [0.25, 0.3) is 10.9 Å². The molecule has 106 valence electrons. The lowest BCUT2D eigenvalue weighted by Gasteiger charge is -2.18. The van der Waals surface area contributed by atoms with Gasteiger partial charge in [-0.2, -0.15) is 0 Å². The Morgan fingerprint density at radius 2 is 1.81 bits per heavy atom. The van der Waals surface area contributed by atoms with Crippen molar-refractivity contribution in [1.82, 2.24) is 10.4 Å². The van der Waals surface area contributed by atoms with E-state index in [2.05, 4.69) is 10.4 Å². The van der Waals surface area contributed by atoms with E-state index in [4.69, 9.17) is 10.6 Å². The Morgan fingerprint density at radius 3 is 2.62 bits per heavy atom. The summed E-state index contributed by atoms with van der Waals surface area (Å²) in [7, 11) is 0. The molecule has 2 aromatic carbocycles. The Balaban J connectivity index is 1.85. The second kappa shape index (κ2) is 6.35. The summed E-state index contributed by atoms with van der Waals surface area (Å²) in [6.07, 6.45) is 1.79. The number of hydrogen-bond donors (Lipinski definition) is 2. The minimum atomic E-state index is -0.121. The van der Waals surface area contributed by atoms with Crippen LogP contribution < -0.4 is 16.0 Å². The van der Waals surface area contributed by atoms with E-state index in [0.717, 1.165) is 22.2 Å². The first-order valence-corrected chi connectivity index (χ1v) is 6.86. The van der Waals surface area contributed by atoms with Crippen LogP contribution in [0.4, 0.5) is 0 Å². The van der Waals surface area contributed by atoms with Crippen LogP contribution in [0, 0.1) is 0 Å². The van der Waals surface area contributed by atoms with Crippen LogP contribution in [-0.2, 0) is 0 Å². The summed E-state index contributed by atoms with van der Waals surface area (Å²) in [6, 6.07) is 19.6. The van der Waals surface area contributed by atoms with Gasteiger partial charge in [0.2, 0.25) is 0 Å². The van der Waals surface area contributed by atoms with E-state index >= 15 is 0 Å². The van der Waals surface area contributed by atoms with Gasteiger partial charge in [-0.25, -0.2) is 5.43 Å². The maximum absolute atomic E-state index is 5.79. The molecular formula is C17H17N3O. The van der Waals surface area contributed by atoms with Crippen molar-refractivity contribution >= 4 is 10.9 Å². The molecule has 0 fully saturated rings. The molecule has 21 heavy (non-hydrogen) atoms. The highest BCUT2D eigenvalue weighted by Gasteiger charge is 2.14. The number of nitrogens with zero attached hydrogens (tertiary/aromatic N) is 1. The van der Waals surface area contributed by atoms with Gasteiger partial charge in [-0.1, -0.05) is 42.5 Å². The topological polar surface area (TPSA) is 60.2 Å². The van der Waals surface area contributed by atoms with Crippen molar-refractivity contribution in [2.75, 3.05) is 6.61 Å². The van der Waals surface area contributed by atoms with E-state index in [1.165, 1.54) is 0 Å². The largest absolute Gasteiger partial charge is 0.492 e. The molecule has 0 bridgehead atoms. The van der Waals surface area contributed by atoms with Gasteiger partial charge in [0.05, 0.1) is 11.6 Å². The van der Waals surface area contributed by atoms with Crippen LogP contribution in [0.1, 0.15) is 11.6 Å². The summed E-state index contributed by atoms with van der Waals surface area (Å²) in [5.74, 6) is 6.53. The molecule has 0 aliphatic heterocycles. The third-order valence-electron chi connectivity index (χ3n) is 3.40. The number of ether oxygens (including phenoxy) is 1. The Bertz CT molecular complexity index is 710. The molecule has 4 nitrogen and oxygen atoms in total. The van der Waals surface area contributed by atoms with Gasteiger partial charge in [0.1, 0.15) is 12.4 Å². The Hall–Kier alpha value is -2.43. The zero-order chi connectivity index (χ0) is 14.5. The van der Waals surface area contributed by atoms with Crippen LogP contribution >= 0.6 is 0 Å². The Morgan fingerprint density at radius 1 is 1.00 bits per heavy atom. The fraction of sp³-hybridized carbons (Fsp3) is 0.118. The van der Waals surface area contributed by atoms with Gasteiger partial charge in [0.25, 0.3) is 0 Å². The lowest BCUT2D eigenvalue weighted by molar-refractivity contribution is 0.268. The monoisotopic (exact) mass is 279 g/mol. The molecule has 1 atom stereocenters. The number of benzene rings is 2. The van der Waals surface area contributed by atoms with Crippen LogP contribution in [0.15, 0.2) is 66.9 Å². The van der Waals surface area contributed by atoms with Crippen LogP contribution in [-0.4, -0.2) is 11.6 Å². The molecule has 1 heterocycles. The van der Waals surface area contributed by atoms with Crippen LogP contribution in [0.2, 0.25) is 0 Å². The van der Waals surface area contributed by atoms with E-state index in [1.54, 1.807) is 6.20 Å².